The highest BCUT2D eigenvalue weighted by atomic mass is 16.5. The second kappa shape index (κ2) is 6.95. The zero-order valence-corrected chi connectivity index (χ0v) is 12.5. The molecule has 0 heterocycles. The van der Waals surface area contributed by atoms with E-state index in [9.17, 15) is 0 Å². The minimum atomic E-state index is 0.335. The van der Waals surface area contributed by atoms with E-state index in [0.717, 1.165) is 12.3 Å². The van der Waals surface area contributed by atoms with Crippen molar-refractivity contribution in [3.63, 3.8) is 0 Å². The smallest absolute Gasteiger partial charge is 0.120 e. The SMILES string of the molecule is CCCNC1CCCCC1Oc1cc(C)cc(C)c1. The van der Waals surface area contributed by atoms with E-state index in [-0.39, 0.29) is 0 Å². The molecule has 19 heavy (non-hydrogen) atoms. The van der Waals surface area contributed by atoms with Gasteiger partial charge in [0.05, 0.1) is 0 Å². The molecule has 1 aliphatic carbocycles. The molecule has 0 radical (unpaired) electrons. The molecule has 0 amide bonds. The highest BCUT2D eigenvalue weighted by molar-refractivity contribution is 5.33. The zero-order valence-electron chi connectivity index (χ0n) is 12.5. The van der Waals surface area contributed by atoms with E-state index in [1.54, 1.807) is 0 Å². The highest BCUT2D eigenvalue weighted by Gasteiger charge is 2.26. The van der Waals surface area contributed by atoms with Gasteiger partial charge in [-0.05, 0) is 69.3 Å². The van der Waals surface area contributed by atoms with Crippen LogP contribution in [0.4, 0.5) is 0 Å². The van der Waals surface area contributed by atoms with E-state index >= 15 is 0 Å². The summed E-state index contributed by atoms with van der Waals surface area (Å²) in [5.74, 6) is 1.03. The predicted octanol–water partition coefficient (Wildman–Crippen LogP) is 3.99. The molecule has 1 saturated carbocycles. The van der Waals surface area contributed by atoms with Gasteiger partial charge < -0.3 is 10.1 Å². The van der Waals surface area contributed by atoms with Crippen LogP contribution >= 0.6 is 0 Å². The fourth-order valence-corrected chi connectivity index (χ4v) is 2.98. The van der Waals surface area contributed by atoms with Crippen LogP contribution in [0.2, 0.25) is 0 Å². The molecule has 0 aliphatic heterocycles. The first-order valence-corrected chi connectivity index (χ1v) is 7.67. The molecule has 1 fully saturated rings. The molecular weight excluding hydrogens is 234 g/mol. The summed E-state index contributed by atoms with van der Waals surface area (Å²) in [6, 6.07) is 7.02. The second-order valence-electron chi connectivity index (χ2n) is 5.82. The average Bonchev–Trinajstić information content (AvgIpc) is 2.36. The van der Waals surface area contributed by atoms with Crippen LogP contribution in [0, 0.1) is 13.8 Å². The lowest BCUT2D eigenvalue weighted by molar-refractivity contribution is 0.114. The molecular formula is C17H27NO. The highest BCUT2D eigenvalue weighted by Crippen LogP contribution is 2.25. The van der Waals surface area contributed by atoms with Gasteiger partial charge in [0.15, 0.2) is 0 Å². The molecule has 0 saturated heterocycles. The Labute approximate surface area is 117 Å². The number of aryl methyl sites for hydroxylation is 2. The first kappa shape index (κ1) is 14.4. The van der Waals surface area contributed by atoms with Crippen LogP contribution in [0.25, 0.3) is 0 Å². The fourth-order valence-electron chi connectivity index (χ4n) is 2.98. The van der Waals surface area contributed by atoms with Crippen LogP contribution in [-0.2, 0) is 0 Å². The zero-order chi connectivity index (χ0) is 13.7. The summed E-state index contributed by atoms with van der Waals surface area (Å²) in [5, 5.41) is 3.65. The Balaban J connectivity index is 2.01. The maximum absolute atomic E-state index is 6.26. The van der Waals surface area contributed by atoms with Gasteiger partial charge in [0, 0.05) is 6.04 Å². The van der Waals surface area contributed by atoms with Crippen molar-refractivity contribution >= 4 is 0 Å². The van der Waals surface area contributed by atoms with Crippen molar-refractivity contribution in [3.05, 3.63) is 29.3 Å². The lowest BCUT2D eigenvalue weighted by Gasteiger charge is -2.32. The normalized spacial score (nSPS) is 23.3. The summed E-state index contributed by atoms with van der Waals surface area (Å²) in [5.41, 5.74) is 2.56. The van der Waals surface area contributed by atoms with E-state index in [4.69, 9.17) is 4.74 Å². The van der Waals surface area contributed by atoms with E-state index in [0.29, 0.717) is 12.1 Å². The third-order valence-electron chi connectivity index (χ3n) is 3.84. The van der Waals surface area contributed by atoms with Crippen molar-refractivity contribution < 1.29 is 4.74 Å². The van der Waals surface area contributed by atoms with Crippen molar-refractivity contribution in [2.45, 2.75) is 65.0 Å². The first-order valence-electron chi connectivity index (χ1n) is 7.67. The summed E-state index contributed by atoms with van der Waals surface area (Å²) in [6.07, 6.45) is 6.56. The molecule has 1 aliphatic rings. The van der Waals surface area contributed by atoms with Crippen molar-refractivity contribution in [3.8, 4) is 5.75 Å². The minimum Gasteiger partial charge on any atom is -0.489 e. The van der Waals surface area contributed by atoms with Gasteiger partial charge in [-0.1, -0.05) is 19.4 Å². The van der Waals surface area contributed by atoms with Crippen molar-refractivity contribution in [2.75, 3.05) is 6.54 Å². The van der Waals surface area contributed by atoms with Gasteiger partial charge in [0.25, 0.3) is 0 Å². The lowest BCUT2D eigenvalue weighted by atomic mass is 9.92. The molecule has 2 unspecified atom stereocenters. The third kappa shape index (κ3) is 4.24. The topological polar surface area (TPSA) is 21.3 Å². The molecule has 1 aromatic carbocycles. The molecule has 2 nitrogen and oxygen atoms in total. The molecule has 106 valence electrons. The molecule has 0 bridgehead atoms. The Morgan fingerprint density at radius 2 is 1.79 bits per heavy atom. The van der Waals surface area contributed by atoms with Crippen LogP contribution in [0.1, 0.15) is 50.2 Å². The van der Waals surface area contributed by atoms with E-state index in [1.165, 1.54) is 43.2 Å². The molecule has 0 aromatic heterocycles. The Kier molecular flexibility index (Phi) is 5.26. The maximum Gasteiger partial charge on any atom is 0.120 e. The second-order valence-corrected chi connectivity index (χ2v) is 5.82. The largest absolute Gasteiger partial charge is 0.489 e. The van der Waals surface area contributed by atoms with Gasteiger partial charge in [0.2, 0.25) is 0 Å². The molecule has 2 rings (SSSR count). The van der Waals surface area contributed by atoms with Crippen molar-refractivity contribution in [1.82, 2.24) is 5.32 Å². The lowest BCUT2D eigenvalue weighted by Crippen LogP contribution is -2.45. The van der Waals surface area contributed by atoms with Gasteiger partial charge in [-0.15, -0.1) is 0 Å². The van der Waals surface area contributed by atoms with Crippen LogP contribution in [-0.4, -0.2) is 18.7 Å². The van der Waals surface area contributed by atoms with Crippen LogP contribution in [0.5, 0.6) is 5.75 Å². The Morgan fingerprint density at radius 1 is 1.11 bits per heavy atom. The molecule has 2 atom stereocenters. The van der Waals surface area contributed by atoms with Crippen molar-refractivity contribution in [2.24, 2.45) is 0 Å². The fraction of sp³-hybridized carbons (Fsp3) is 0.647. The van der Waals surface area contributed by atoms with Crippen LogP contribution < -0.4 is 10.1 Å². The summed E-state index contributed by atoms with van der Waals surface area (Å²) < 4.78 is 6.26. The van der Waals surface area contributed by atoms with Gasteiger partial charge in [-0.3, -0.25) is 0 Å². The molecule has 1 N–H and O–H groups in total. The average molecular weight is 261 g/mol. The van der Waals surface area contributed by atoms with Gasteiger partial charge >= 0.3 is 0 Å². The standard InChI is InChI=1S/C17H27NO/c1-4-9-18-16-7-5-6-8-17(16)19-15-11-13(2)10-14(3)12-15/h10-12,16-18H,4-9H2,1-3H3. The summed E-state index contributed by atoms with van der Waals surface area (Å²) in [4.78, 5) is 0. The molecule has 2 heteroatoms. The number of ether oxygens (including phenoxy) is 1. The number of hydrogen-bond donors (Lipinski definition) is 1. The number of hydrogen-bond acceptors (Lipinski definition) is 2. The maximum atomic E-state index is 6.26. The summed E-state index contributed by atoms with van der Waals surface area (Å²) in [6.45, 7) is 7.58. The van der Waals surface area contributed by atoms with Gasteiger partial charge in [-0.2, -0.15) is 0 Å². The number of rotatable bonds is 5. The molecule has 0 spiro atoms. The third-order valence-corrected chi connectivity index (χ3v) is 3.84. The summed E-state index contributed by atoms with van der Waals surface area (Å²) in [7, 11) is 0. The number of nitrogens with one attached hydrogen (secondary N) is 1. The van der Waals surface area contributed by atoms with E-state index < -0.39 is 0 Å². The first-order chi connectivity index (χ1) is 9.19. The quantitative estimate of drug-likeness (QED) is 0.865. The minimum absolute atomic E-state index is 0.335. The van der Waals surface area contributed by atoms with Gasteiger partial charge in [-0.25, -0.2) is 0 Å². The Morgan fingerprint density at radius 3 is 2.47 bits per heavy atom. The Bertz CT molecular complexity index is 382. The number of benzene rings is 1. The van der Waals surface area contributed by atoms with E-state index in [2.05, 4.69) is 44.3 Å². The monoisotopic (exact) mass is 261 g/mol. The van der Waals surface area contributed by atoms with Crippen molar-refractivity contribution in [1.29, 1.82) is 0 Å². The predicted molar refractivity (Wildman–Crippen MR) is 80.9 cm³/mol. The Hall–Kier alpha value is -1.02. The van der Waals surface area contributed by atoms with E-state index in [1.807, 2.05) is 0 Å². The van der Waals surface area contributed by atoms with Crippen LogP contribution in [0.15, 0.2) is 18.2 Å². The van der Waals surface area contributed by atoms with Gasteiger partial charge in [0.1, 0.15) is 11.9 Å². The van der Waals surface area contributed by atoms with Crippen LogP contribution in [0.3, 0.4) is 0 Å². The molecule has 1 aromatic rings. The summed E-state index contributed by atoms with van der Waals surface area (Å²) >= 11 is 0.